The van der Waals surface area contributed by atoms with E-state index in [-0.39, 0.29) is 22.7 Å². The first-order valence-corrected chi connectivity index (χ1v) is 9.06. The predicted molar refractivity (Wildman–Crippen MR) is 106 cm³/mol. The first-order chi connectivity index (χ1) is 14.0. The van der Waals surface area contributed by atoms with Crippen LogP contribution in [-0.4, -0.2) is 23.3 Å². The molecule has 0 bridgehead atoms. The molecule has 0 fully saturated rings. The monoisotopic (exact) mass is 395 g/mol. The van der Waals surface area contributed by atoms with Gasteiger partial charge in [-0.15, -0.1) is 0 Å². The second kappa shape index (κ2) is 9.54. The lowest BCUT2D eigenvalue weighted by atomic mass is 10.1. The number of rotatable bonds is 7. The first kappa shape index (κ1) is 20.1. The summed E-state index contributed by atoms with van der Waals surface area (Å²) in [5.41, 5.74) is 1.34. The van der Waals surface area contributed by atoms with Gasteiger partial charge in [0.05, 0.1) is 16.8 Å². The van der Waals surface area contributed by atoms with Gasteiger partial charge in [-0.05, 0) is 36.6 Å². The van der Waals surface area contributed by atoms with E-state index in [1.807, 2.05) is 30.3 Å². The third kappa shape index (κ3) is 5.68. The molecule has 7 heteroatoms. The Bertz CT molecular complexity index is 1010. The van der Waals surface area contributed by atoms with E-state index in [2.05, 4.69) is 15.6 Å². The van der Waals surface area contributed by atoms with Crippen molar-refractivity contribution in [3.63, 3.8) is 0 Å². The molecule has 29 heavy (non-hydrogen) atoms. The molecule has 0 spiro atoms. The van der Waals surface area contributed by atoms with Crippen LogP contribution in [0.1, 0.15) is 32.7 Å². The molecule has 3 rings (SSSR count). The van der Waals surface area contributed by atoms with Crippen LogP contribution in [-0.2, 0) is 6.42 Å². The Hall–Kier alpha value is -3.61. The van der Waals surface area contributed by atoms with E-state index in [1.165, 1.54) is 24.0 Å². The minimum Gasteiger partial charge on any atom is -0.352 e. The SMILES string of the molecule is O=C(NCCCc1ccccc1)c1cncc(C(=O)Nc2ccc(F)cc2F)c1. The summed E-state index contributed by atoms with van der Waals surface area (Å²) in [6.45, 7) is 0.477. The van der Waals surface area contributed by atoms with Crippen molar-refractivity contribution in [3.8, 4) is 0 Å². The number of nitrogens with zero attached hydrogens (tertiary/aromatic N) is 1. The van der Waals surface area contributed by atoms with Gasteiger partial charge in [-0.2, -0.15) is 0 Å². The number of nitrogens with one attached hydrogen (secondary N) is 2. The second-order valence-electron chi connectivity index (χ2n) is 6.39. The van der Waals surface area contributed by atoms with E-state index in [4.69, 9.17) is 0 Å². The Balaban J connectivity index is 1.56. The van der Waals surface area contributed by atoms with Gasteiger partial charge < -0.3 is 10.6 Å². The molecular formula is C22H19F2N3O2. The lowest BCUT2D eigenvalue weighted by Gasteiger charge is -2.08. The molecule has 2 amide bonds. The van der Waals surface area contributed by atoms with Crippen molar-refractivity contribution in [2.45, 2.75) is 12.8 Å². The Kier molecular flexibility index (Phi) is 6.63. The largest absolute Gasteiger partial charge is 0.352 e. The number of halogens is 2. The van der Waals surface area contributed by atoms with Crippen LogP contribution in [0.4, 0.5) is 14.5 Å². The lowest BCUT2D eigenvalue weighted by Crippen LogP contribution is -2.25. The normalized spacial score (nSPS) is 10.4. The maximum atomic E-state index is 13.7. The van der Waals surface area contributed by atoms with Gasteiger partial charge in [0.1, 0.15) is 11.6 Å². The molecule has 5 nitrogen and oxygen atoms in total. The summed E-state index contributed by atoms with van der Waals surface area (Å²) in [6.07, 6.45) is 4.23. The van der Waals surface area contributed by atoms with Crippen LogP contribution < -0.4 is 10.6 Å². The van der Waals surface area contributed by atoms with Gasteiger partial charge in [0, 0.05) is 25.0 Å². The molecular weight excluding hydrogens is 376 g/mol. The number of anilines is 1. The number of pyridine rings is 1. The smallest absolute Gasteiger partial charge is 0.257 e. The standard InChI is InChI=1S/C22H19F2N3O2/c23-18-8-9-20(19(24)12-18)27-22(29)17-11-16(13-25-14-17)21(28)26-10-4-7-15-5-2-1-3-6-15/h1-3,5-6,8-9,11-14H,4,7,10H2,(H,26,28)(H,27,29). The van der Waals surface area contributed by atoms with Crippen LogP contribution in [0.25, 0.3) is 0 Å². The number of carbonyl (C=O) groups excluding carboxylic acids is 2. The fourth-order valence-electron chi connectivity index (χ4n) is 2.71. The fourth-order valence-corrected chi connectivity index (χ4v) is 2.71. The van der Waals surface area contributed by atoms with Gasteiger partial charge in [0.2, 0.25) is 0 Å². The quantitative estimate of drug-likeness (QED) is 0.595. The van der Waals surface area contributed by atoms with Gasteiger partial charge in [-0.3, -0.25) is 14.6 Å². The van der Waals surface area contributed by atoms with Crippen molar-refractivity contribution in [2.75, 3.05) is 11.9 Å². The van der Waals surface area contributed by atoms with Crippen LogP contribution in [0.3, 0.4) is 0 Å². The number of aromatic nitrogens is 1. The van der Waals surface area contributed by atoms with Crippen LogP contribution in [0.5, 0.6) is 0 Å². The van der Waals surface area contributed by atoms with Crippen molar-refractivity contribution in [1.29, 1.82) is 0 Å². The lowest BCUT2D eigenvalue weighted by molar-refractivity contribution is 0.0953. The zero-order chi connectivity index (χ0) is 20.6. The Morgan fingerprint density at radius 1 is 0.897 bits per heavy atom. The molecule has 1 aromatic heterocycles. The van der Waals surface area contributed by atoms with Crippen molar-refractivity contribution in [2.24, 2.45) is 0 Å². The zero-order valence-electron chi connectivity index (χ0n) is 15.5. The number of benzene rings is 2. The molecule has 0 aliphatic heterocycles. The van der Waals surface area contributed by atoms with E-state index in [0.717, 1.165) is 25.0 Å². The molecule has 1 heterocycles. The maximum absolute atomic E-state index is 13.7. The van der Waals surface area contributed by atoms with Gasteiger partial charge in [0.25, 0.3) is 11.8 Å². The predicted octanol–water partition coefficient (Wildman–Crippen LogP) is 3.97. The third-order valence-corrected chi connectivity index (χ3v) is 4.21. The molecule has 0 aliphatic rings. The van der Waals surface area contributed by atoms with E-state index < -0.39 is 17.5 Å². The Labute approximate surface area is 166 Å². The van der Waals surface area contributed by atoms with E-state index in [0.29, 0.717) is 12.6 Å². The summed E-state index contributed by atoms with van der Waals surface area (Å²) in [5, 5.41) is 5.13. The second-order valence-corrected chi connectivity index (χ2v) is 6.39. The topological polar surface area (TPSA) is 71.1 Å². The highest BCUT2D eigenvalue weighted by Crippen LogP contribution is 2.16. The van der Waals surface area contributed by atoms with Gasteiger partial charge in [-0.1, -0.05) is 30.3 Å². The van der Waals surface area contributed by atoms with Gasteiger partial charge >= 0.3 is 0 Å². The van der Waals surface area contributed by atoms with E-state index in [1.54, 1.807) is 0 Å². The van der Waals surface area contributed by atoms with E-state index in [9.17, 15) is 18.4 Å². The highest BCUT2D eigenvalue weighted by atomic mass is 19.1. The molecule has 0 saturated heterocycles. The summed E-state index contributed by atoms with van der Waals surface area (Å²) in [5.74, 6) is -2.64. The molecule has 2 N–H and O–H groups in total. The molecule has 0 aliphatic carbocycles. The molecule has 0 saturated carbocycles. The van der Waals surface area contributed by atoms with Gasteiger partial charge in [-0.25, -0.2) is 8.78 Å². The maximum Gasteiger partial charge on any atom is 0.257 e. The number of carbonyl (C=O) groups is 2. The summed E-state index contributed by atoms with van der Waals surface area (Å²) >= 11 is 0. The number of amides is 2. The number of hydrogen-bond donors (Lipinski definition) is 2. The van der Waals surface area contributed by atoms with Crippen molar-refractivity contribution < 1.29 is 18.4 Å². The highest BCUT2D eigenvalue weighted by Gasteiger charge is 2.13. The van der Waals surface area contributed by atoms with Crippen LogP contribution in [0, 0.1) is 11.6 Å². The molecule has 0 radical (unpaired) electrons. The minimum atomic E-state index is -0.890. The summed E-state index contributed by atoms with van der Waals surface area (Å²) in [7, 11) is 0. The van der Waals surface area contributed by atoms with Crippen LogP contribution in [0.2, 0.25) is 0 Å². The molecule has 148 valence electrons. The first-order valence-electron chi connectivity index (χ1n) is 9.06. The third-order valence-electron chi connectivity index (χ3n) is 4.21. The van der Waals surface area contributed by atoms with Crippen LogP contribution in [0.15, 0.2) is 67.0 Å². The van der Waals surface area contributed by atoms with Gasteiger partial charge in [0.15, 0.2) is 0 Å². The summed E-state index contributed by atoms with van der Waals surface area (Å²) in [4.78, 5) is 28.5. The summed E-state index contributed by atoms with van der Waals surface area (Å²) < 4.78 is 26.7. The molecule has 2 aromatic carbocycles. The zero-order valence-corrected chi connectivity index (χ0v) is 15.5. The van der Waals surface area contributed by atoms with Crippen molar-refractivity contribution in [1.82, 2.24) is 10.3 Å². The highest BCUT2D eigenvalue weighted by molar-refractivity contribution is 6.05. The molecule has 0 atom stereocenters. The van der Waals surface area contributed by atoms with Crippen molar-refractivity contribution in [3.05, 3.63) is 95.3 Å². The van der Waals surface area contributed by atoms with Crippen molar-refractivity contribution >= 4 is 17.5 Å². The minimum absolute atomic E-state index is 0.0886. The van der Waals surface area contributed by atoms with Crippen LogP contribution >= 0.6 is 0 Å². The van der Waals surface area contributed by atoms with E-state index >= 15 is 0 Å². The fraction of sp³-hybridized carbons (Fsp3) is 0.136. The molecule has 0 unspecified atom stereocenters. The number of aryl methyl sites for hydroxylation is 1. The average Bonchev–Trinajstić information content (AvgIpc) is 2.74. The Morgan fingerprint density at radius 3 is 2.34 bits per heavy atom. The average molecular weight is 395 g/mol. The number of hydrogen-bond acceptors (Lipinski definition) is 3. The summed E-state index contributed by atoms with van der Waals surface area (Å²) in [6, 6.07) is 14.1. The molecule has 3 aromatic rings. The Morgan fingerprint density at radius 2 is 1.62 bits per heavy atom.